The Morgan fingerprint density at radius 3 is 2.94 bits per heavy atom. The van der Waals surface area contributed by atoms with Gasteiger partial charge in [0.05, 0.1) is 13.7 Å². The number of esters is 1. The van der Waals surface area contributed by atoms with Gasteiger partial charge < -0.3 is 9.47 Å². The molecule has 1 rings (SSSR count). The summed E-state index contributed by atoms with van der Waals surface area (Å²) in [6.07, 6.45) is 3.92. The van der Waals surface area contributed by atoms with Crippen LogP contribution in [-0.4, -0.2) is 19.7 Å². The molecule has 3 heteroatoms. The van der Waals surface area contributed by atoms with Crippen molar-refractivity contribution < 1.29 is 14.3 Å². The van der Waals surface area contributed by atoms with Crippen LogP contribution in [0, 0.1) is 0 Å². The first-order valence-electron chi connectivity index (χ1n) is 5.22. The van der Waals surface area contributed by atoms with E-state index in [1.54, 1.807) is 20.1 Å². The zero-order valence-corrected chi connectivity index (χ0v) is 9.60. The Balaban J connectivity index is 2.50. The standard InChI is InChI=1S/C13H16O3/c1-3-16-13(14)9-5-7-11-6-4-8-12(10-11)15-2/h4-6,8-10H,3,7H2,1-2H3/b9-5+. The Labute approximate surface area is 95.7 Å². The predicted molar refractivity (Wildman–Crippen MR) is 62.5 cm³/mol. The molecule has 0 radical (unpaired) electrons. The minimum absolute atomic E-state index is 0.301. The number of hydrogen-bond acceptors (Lipinski definition) is 3. The lowest BCUT2D eigenvalue weighted by molar-refractivity contribution is -0.137. The third kappa shape index (κ3) is 4.17. The van der Waals surface area contributed by atoms with Crippen LogP contribution in [0.15, 0.2) is 36.4 Å². The zero-order chi connectivity index (χ0) is 11.8. The monoisotopic (exact) mass is 220 g/mol. The van der Waals surface area contributed by atoms with Crippen molar-refractivity contribution in [3.05, 3.63) is 42.0 Å². The highest BCUT2D eigenvalue weighted by Gasteiger charge is 1.95. The number of allylic oxidation sites excluding steroid dienone is 1. The van der Waals surface area contributed by atoms with E-state index >= 15 is 0 Å². The molecule has 86 valence electrons. The molecule has 0 aliphatic rings. The summed E-state index contributed by atoms with van der Waals surface area (Å²) >= 11 is 0. The molecule has 16 heavy (non-hydrogen) atoms. The normalized spacial score (nSPS) is 10.4. The van der Waals surface area contributed by atoms with Crippen molar-refractivity contribution in [2.24, 2.45) is 0 Å². The van der Waals surface area contributed by atoms with Gasteiger partial charge in [-0.05, 0) is 31.0 Å². The molecule has 0 spiro atoms. The van der Waals surface area contributed by atoms with Crippen LogP contribution in [0.5, 0.6) is 5.75 Å². The average molecular weight is 220 g/mol. The topological polar surface area (TPSA) is 35.5 Å². The quantitative estimate of drug-likeness (QED) is 0.564. The summed E-state index contributed by atoms with van der Waals surface area (Å²) in [5.74, 6) is 0.521. The van der Waals surface area contributed by atoms with E-state index in [1.807, 2.05) is 24.3 Å². The van der Waals surface area contributed by atoms with Crippen molar-refractivity contribution >= 4 is 5.97 Å². The smallest absolute Gasteiger partial charge is 0.330 e. The van der Waals surface area contributed by atoms with E-state index in [9.17, 15) is 4.79 Å². The summed E-state index contributed by atoms with van der Waals surface area (Å²) in [5.41, 5.74) is 1.10. The summed E-state index contributed by atoms with van der Waals surface area (Å²) in [6, 6.07) is 7.73. The van der Waals surface area contributed by atoms with Crippen LogP contribution in [0.25, 0.3) is 0 Å². The fourth-order valence-corrected chi connectivity index (χ4v) is 1.28. The van der Waals surface area contributed by atoms with E-state index in [1.165, 1.54) is 6.08 Å². The molecule has 3 nitrogen and oxygen atoms in total. The Bertz CT molecular complexity index is 369. The van der Waals surface area contributed by atoms with E-state index in [0.29, 0.717) is 13.0 Å². The fraction of sp³-hybridized carbons (Fsp3) is 0.308. The van der Waals surface area contributed by atoms with Crippen LogP contribution in [0.3, 0.4) is 0 Å². The molecule has 0 atom stereocenters. The van der Waals surface area contributed by atoms with Gasteiger partial charge in [0.25, 0.3) is 0 Å². The van der Waals surface area contributed by atoms with Gasteiger partial charge in [-0.15, -0.1) is 0 Å². The number of ether oxygens (including phenoxy) is 2. The van der Waals surface area contributed by atoms with Crippen LogP contribution in [0.2, 0.25) is 0 Å². The Morgan fingerprint density at radius 1 is 1.44 bits per heavy atom. The molecule has 0 unspecified atom stereocenters. The van der Waals surface area contributed by atoms with Crippen LogP contribution >= 0.6 is 0 Å². The molecule has 0 aliphatic carbocycles. The molecule has 0 fully saturated rings. The third-order valence-electron chi connectivity index (χ3n) is 2.03. The minimum Gasteiger partial charge on any atom is -0.497 e. The van der Waals surface area contributed by atoms with Crippen molar-refractivity contribution in [3.63, 3.8) is 0 Å². The van der Waals surface area contributed by atoms with Crippen molar-refractivity contribution in [3.8, 4) is 5.75 Å². The van der Waals surface area contributed by atoms with Crippen molar-refractivity contribution in [2.75, 3.05) is 13.7 Å². The van der Waals surface area contributed by atoms with E-state index in [-0.39, 0.29) is 5.97 Å². The van der Waals surface area contributed by atoms with Crippen LogP contribution in [0.4, 0.5) is 0 Å². The highest BCUT2D eigenvalue weighted by Crippen LogP contribution is 2.13. The van der Waals surface area contributed by atoms with Crippen molar-refractivity contribution in [1.82, 2.24) is 0 Å². The lowest BCUT2D eigenvalue weighted by Gasteiger charge is -2.01. The molecule has 0 saturated heterocycles. The Morgan fingerprint density at radius 2 is 2.25 bits per heavy atom. The van der Waals surface area contributed by atoms with E-state index in [0.717, 1.165) is 11.3 Å². The van der Waals surface area contributed by atoms with Gasteiger partial charge in [0.15, 0.2) is 0 Å². The molecule has 0 aliphatic heterocycles. The highest BCUT2D eigenvalue weighted by molar-refractivity contribution is 5.81. The van der Waals surface area contributed by atoms with Crippen LogP contribution in [0.1, 0.15) is 12.5 Å². The van der Waals surface area contributed by atoms with Gasteiger partial charge in [-0.2, -0.15) is 0 Å². The van der Waals surface area contributed by atoms with Gasteiger partial charge in [-0.25, -0.2) is 4.79 Å². The maximum atomic E-state index is 11.0. The van der Waals surface area contributed by atoms with Crippen molar-refractivity contribution in [1.29, 1.82) is 0 Å². The molecular weight excluding hydrogens is 204 g/mol. The van der Waals surface area contributed by atoms with Crippen LogP contribution in [-0.2, 0) is 16.0 Å². The number of carbonyl (C=O) groups is 1. The number of benzene rings is 1. The minimum atomic E-state index is -0.301. The van der Waals surface area contributed by atoms with Crippen molar-refractivity contribution in [2.45, 2.75) is 13.3 Å². The van der Waals surface area contributed by atoms with Gasteiger partial charge >= 0.3 is 5.97 Å². The summed E-state index contributed by atoms with van der Waals surface area (Å²) in [7, 11) is 1.63. The number of carbonyl (C=O) groups excluding carboxylic acids is 1. The Kier molecular flexibility index (Phi) is 5.12. The highest BCUT2D eigenvalue weighted by atomic mass is 16.5. The van der Waals surface area contributed by atoms with Gasteiger partial charge in [0.2, 0.25) is 0 Å². The predicted octanol–water partition coefficient (Wildman–Crippen LogP) is 2.36. The van der Waals surface area contributed by atoms with Crippen LogP contribution < -0.4 is 4.74 Å². The molecular formula is C13H16O3. The molecule has 0 amide bonds. The molecule has 1 aromatic rings. The summed E-state index contributed by atoms with van der Waals surface area (Å²) in [4.78, 5) is 11.0. The average Bonchev–Trinajstić information content (AvgIpc) is 2.30. The summed E-state index contributed by atoms with van der Waals surface area (Å²) in [6.45, 7) is 2.19. The molecule has 0 bridgehead atoms. The molecule has 0 N–H and O–H groups in total. The third-order valence-corrected chi connectivity index (χ3v) is 2.03. The first-order chi connectivity index (χ1) is 7.76. The van der Waals surface area contributed by atoms with Gasteiger partial charge in [0, 0.05) is 6.08 Å². The lowest BCUT2D eigenvalue weighted by atomic mass is 10.1. The van der Waals surface area contributed by atoms with E-state index in [4.69, 9.17) is 9.47 Å². The lowest BCUT2D eigenvalue weighted by Crippen LogP contribution is -1.99. The second-order valence-electron chi connectivity index (χ2n) is 3.21. The fourth-order valence-electron chi connectivity index (χ4n) is 1.28. The molecule has 0 aromatic heterocycles. The second-order valence-corrected chi connectivity index (χ2v) is 3.21. The maximum Gasteiger partial charge on any atom is 0.330 e. The number of rotatable bonds is 5. The maximum absolute atomic E-state index is 11.0. The first-order valence-corrected chi connectivity index (χ1v) is 5.22. The van der Waals surface area contributed by atoms with Gasteiger partial charge in [-0.1, -0.05) is 18.2 Å². The first kappa shape index (κ1) is 12.3. The van der Waals surface area contributed by atoms with E-state index < -0.39 is 0 Å². The summed E-state index contributed by atoms with van der Waals surface area (Å²) < 4.78 is 9.88. The SMILES string of the molecule is CCOC(=O)/C=C/Cc1cccc(OC)c1. The molecule has 1 aromatic carbocycles. The summed E-state index contributed by atoms with van der Waals surface area (Å²) in [5, 5.41) is 0. The van der Waals surface area contributed by atoms with E-state index in [2.05, 4.69) is 0 Å². The number of methoxy groups -OCH3 is 1. The van der Waals surface area contributed by atoms with Gasteiger partial charge in [-0.3, -0.25) is 0 Å². The Hall–Kier alpha value is -1.77. The second kappa shape index (κ2) is 6.67. The number of hydrogen-bond donors (Lipinski definition) is 0. The molecule has 0 saturated carbocycles. The molecule has 0 heterocycles. The largest absolute Gasteiger partial charge is 0.497 e. The zero-order valence-electron chi connectivity index (χ0n) is 9.60. The van der Waals surface area contributed by atoms with Gasteiger partial charge in [0.1, 0.15) is 5.75 Å².